The highest BCUT2D eigenvalue weighted by atomic mass is 32.2. The number of ether oxygens (including phenoxy) is 1. The van der Waals surface area contributed by atoms with Crippen LogP contribution in [0, 0.1) is 0 Å². The molecule has 0 saturated carbocycles. The first kappa shape index (κ1) is 20.7. The van der Waals surface area contributed by atoms with Gasteiger partial charge in [-0.05, 0) is 55.5 Å². The third-order valence-corrected chi connectivity index (χ3v) is 5.28. The second kappa shape index (κ2) is 9.94. The van der Waals surface area contributed by atoms with Gasteiger partial charge in [0, 0.05) is 23.6 Å². The zero-order valence-electron chi connectivity index (χ0n) is 16.9. The molecule has 0 aliphatic rings. The number of furan rings is 1. The molecule has 0 fully saturated rings. The van der Waals surface area contributed by atoms with Crippen molar-refractivity contribution in [3.05, 3.63) is 72.9 Å². The lowest BCUT2D eigenvalue weighted by Gasteiger charge is -2.11. The van der Waals surface area contributed by atoms with E-state index in [4.69, 9.17) is 9.15 Å². The lowest BCUT2D eigenvalue weighted by atomic mass is 10.2. The fourth-order valence-electron chi connectivity index (χ4n) is 2.92. The summed E-state index contributed by atoms with van der Waals surface area (Å²) in [5.74, 6) is 2.25. The van der Waals surface area contributed by atoms with E-state index in [1.807, 2.05) is 54.0 Å². The molecule has 0 spiro atoms. The second-order valence-corrected chi connectivity index (χ2v) is 7.39. The molecule has 0 aliphatic heterocycles. The van der Waals surface area contributed by atoms with Gasteiger partial charge in [-0.25, -0.2) is 0 Å². The van der Waals surface area contributed by atoms with Crippen LogP contribution in [-0.4, -0.2) is 38.0 Å². The van der Waals surface area contributed by atoms with Gasteiger partial charge < -0.3 is 14.5 Å². The van der Waals surface area contributed by atoms with Gasteiger partial charge in [0.25, 0.3) is 0 Å². The maximum Gasteiger partial charge on any atom is 0.230 e. The number of rotatable bonds is 9. The van der Waals surface area contributed by atoms with E-state index in [0.29, 0.717) is 29.9 Å². The number of aromatic nitrogens is 4. The normalized spacial score (nSPS) is 10.7. The third-order valence-electron chi connectivity index (χ3n) is 4.35. The molecule has 1 amide bonds. The Bertz CT molecular complexity index is 1110. The number of amides is 1. The SMILES string of the molecule is CCOc1ccc(-n2c(SCC(=O)NCc3ccco3)nnc2-c2ccncc2)cc1. The summed E-state index contributed by atoms with van der Waals surface area (Å²) in [5, 5.41) is 12.2. The average Bonchev–Trinajstić information content (AvgIpc) is 3.48. The van der Waals surface area contributed by atoms with E-state index < -0.39 is 0 Å². The van der Waals surface area contributed by atoms with E-state index in [-0.39, 0.29) is 11.7 Å². The molecule has 0 unspecified atom stereocenters. The molecule has 0 saturated heterocycles. The number of benzene rings is 1. The number of carbonyl (C=O) groups is 1. The van der Waals surface area contributed by atoms with Gasteiger partial charge in [0.1, 0.15) is 11.5 Å². The van der Waals surface area contributed by atoms with Gasteiger partial charge in [-0.2, -0.15) is 0 Å². The van der Waals surface area contributed by atoms with Crippen molar-refractivity contribution in [3.63, 3.8) is 0 Å². The molecule has 1 N–H and O–H groups in total. The predicted octanol–water partition coefficient (Wildman–Crippen LogP) is 3.73. The minimum absolute atomic E-state index is 0.117. The van der Waals surface area contributed by atoms with Crippen molar-refractivity contribution in [1.29, 1.82) is 0 Å². The third kappa shape index (κ3) is 5.13. The zero-order chi connectivity index (χ0) is 21.5. The highest BCUT2D eigenvalue weighted by Crippen LogP contribution is 2.28. The molecule has 0 aliphatic carbocycles. The number of hydrogen-bond donors (Lipinski definition) is 1. The van der Waals surface area contributed by atoms with E-state index in [2.05, 4.69) is 20.5 Å². The first-order chi connectivity index (χ1) is 15.2. The quantitative estimate of drug-likeness (QED) is 0.400. The van der Waals surface area contributed by atoms with Gasteiger partial charge in [-0.15, -0.1) is 10.2 Å². The molecule has 158 valence electrons. The Labute approximate surface area is 183 Å². The Morgan fingerprint density at radius 3 is 2.65 bits per heavy atom. The molecule has 0 atom stereocenters. The van der Waals surface area contributed by atoms with Crippen LogP contribution in [0.4, 0.5) is 0 Å². The topological polar surface area (TPSA) is 95.1 Å². The summed E-state index contributed by atoms with van der Waals surface area (Å²) in [5.41, 5.74) is 1.75. The van der Waals surface area contributed by atoms with Crippen LogP contribution >= 0.6 is 11.8 Å². The van der Waals surface area contributed by atoms with Crippen LogP contribution in [-0.2, 0) is 11.3 Å². The fourth-order valence-corrected chi connectivity index (χ4v) is 3.70. The number of nitrogens with one attached hydrogen (secondary N) is 1. The molecular weight excluding hydrogens is 414 g/mol. The van der Waals surface area contributed by atoms with Crippen molar-refractivity contribution in [2.75, 3.05) is 12.4 Å². The van der Waals surface area contributed by atoms with Gasteiger partial charge in [0.2, 0.25) is 5.91 Å². The monoisotopic (exact) mass is 435 g/mol. The molecule has 4 rings (SSSR count). The first-order valence-electron chi connectivity index (χ1n) is 9.75. The summed E-state index contributed by atoms with van der Waals surface area (Å²) in [6, 6.07) is 15.0. The minimum atomic E-state index is -0.117. The number of carbonyl (C=O) groups excluding carboxylic acids is 1. The van der Waals surface area contributed by atoms with Crippen LogP contribution in [0.25, 0.3) is 17.1 Å². The van der Waals surface area contributed by atoms with Crippen LogP contribution in [0.3, 0.4) is 0 Å². The highest BCUT2D eigenvalue weighted by Gasteiger charge is 2.17. The Morgan fingerprint density at radius 2 is 1.94 bits per heavy atom. The van der Waals surface area contributed by atoms with Crippen LogP contribution < -0.4 is 10.1 Å². The smallest absolute Gasteiger partial charge is 0.230 e. The number of nitrogens with zero attached hydrogens (tertiary/aromatic N) is 4. The van der Waals surface area contributed by atoms with Crippen molar-refractivity contribution in [2.45, 2.75) is 18.6 Å². The van der Waals surface area contributed by atoms with Crippen LogP contribution in [0.2, 0.25) is 0 Å². The Kier molecular flexibility index (Phi) is 6.63. The molecule has 3 aromatic heterocycles. The molecule has 9 heteroatoms. The second-order valence-electron chi connectivity index (χ2n) is 6.45. The molecule has 8 nitrogen and oxygen atoms in total. The van der Waals surface area contributed by atoms with Gasteiger partial charge in [0.15, 0.2) is 11.0 Å². The summed E-state index contributed by atoms with van der Waals surface area (Å²) in [7, 11) is 0. The molecule has 4 aromatic rings. The van der Waals surface area contributed by atoms with Crippen molar-refractivity contribution >= 4 is 17.7 Å². The summed E-state index contributed by atoms with van der Waals surface area (Å²) in [6.45, 7) is 2.89. The Balaban J connectivity index is 1.55. The summed E-state index contributed by atoms with van der Waals surface area (Å²) >= 11 is 1.32. The number of hydrogen-bond acceptors (Lipinski definition) is 7. The van der Waals surface area contributed by atoms with Crippen LogP contribution in [0.1, 0.15) is 12.7 Å². The largest absolute Gasteiger partial charge is 0.494 e. The Hall–Kier alpha value is -3.59. The van der Waals surface area contributed by atoms with E-state index in [1.165, 1.54) is 11.8 Å². The van der Waals surface area contributed by atoms with Gasteiger partial charge in [-0.3, -0.25) is 14.3 Å². The van der Waals surface area contributed by atoms with E-state index in [9.17, 15) is 4.79 Å². The van der Waals surface area contributed by atoms with E-state index in [0.717, 1.165) is 17.0 Å². The summed E-state index contributed by atoms with van der Waals surface area (Å²) in [4.78, 5) is 16.4. The lowest BCUT2D eigenvalue weighted by molar-refractivity contribution is -0.118. The standard InChI is InChI=1S/C22H21N5O3S/c1-2-29-18-7-5-17(6-8-18)27-21(16-9-11-23-12-10-16)25-26-22(27)31-15-20(28)24-14-19-4-3-13-30-19/h3-13H,2,14-15H2,1H3,(H,24,28). The molecule has 1 aromatic carbocycles. The van der Waals surface area contributed by atoms with Crippen LogP contribution in [0.5, 0.6) is 5.75 Å². The van der Waals surface area contributed by atoms with E-state index >= 15 is 0 Å². The summed E-state index contributed by atoms with van der Waals surface area (Å²) < 4.78 is 12.7. The minimum Gasteiger partial charge on any atom is -0.494 e. The van der Waals surface area contributed by atoms with Gasteiger partial charge in [0.05, 0.1) is 25.2 Å². The first-order valence-corrected chi connectivity index (χ1v) is 10.7. The zero-order valence-corrected chi connectivity index (χ0v) is 17.7. The fraction of sp³-hybridized carbons (Fsp3) is 0.182. The predicted molar refractivity (Wildman–Crippen MR) is 117 cm³/mol. The van der Waals surface area contributed by atoms with Crippen molar-refractivity contribution < 1.29 is 13.9 Å². The Morgan fingerprint density at radius 1 is 1.13 bits per heavy atom. The maximum atomic E-state index is 12.3. The molecule has 31 heavy (non-hydrogen) atoms. The van der Waals surface area contributed by atoms with E-state index in [1.54, 1.807) is 24.7 Å². The lowest BCUT2D eigenvalue weighted by Crippen LogP contribution is -2.24. The molecule has 0 bridgehead atoms. The van der Waals surface area contributed by atoms with Gasteiger partial charge >= 0.3 is 0 Å². The highest BCUT2D eigenvalue weighted by molar-refractivity contribution is 7.99. The molecular formula is C22H21N5O3S. The van der Waals surface area contributed by atoms with Crippen molar-refractivity contribution in [3.8, 4) is 22.8 Å². The number of pyridine rings is 1. The maximum absolute atomic E-state index is 12.3. The summed E-state index contributed by atoms with van der Waals surface area (Å²) in [6.07, 6.45) is 5.00. The molecule has 3 heterocycles. The average molecular weight is 436 g/mol. The molecule has 0 radical (unpaired) electrons. The van der Waals surface area contributed by atoms with Gasteiger partial charge in [-0.1, -0.05) is 11.8 Å². The van der Waals surface area contributed by atoms with Crippen LogP contribution in [0.15, 0.2) is 76.8 Å². The van der Waals surface area contributed by atoms with Crippen molar-refractivity contribution in [2.24, 2.45) is 0 Å². The van der Waals surface area contributed by atoms with Crippen molar-refractivity contribution in [1.82, 2.24) is 25.1 Å². The number of thioether (sulfide) groups is 1.